The molecule has 8 nitrogen and oxygen atoms in total. The quantitative estimate of drug-likeness (QED) is 0.131. The summed E-state index contributed by atoms with van der Waals surface area (Å²) in [6.07, 6.45) is 7.30. The Kier molecular flexibility index (Phi) is 8.83. The maximum atomic E-state index is 9.38. The van der Waals surface area contributed by atoms with E-state index in [1.807, 2.05) is 62.6 Å². The zero-order valence-corrected chi connectivity index (χ0v) is 28.1. The lowest BCUT2D eigenvalue weighted by molar-refractivity contribution is 0.474. The van der Waals surface area contributed by atoms with Crippen molar-refractivity contribution in [1.82, 2.24) is 19.9 Å². The van der Waals surface area contributed by atoms with Crippen LogP contribution in [0.1, 0.15) is 33.4 Å². The molecule has 0 atom stereocenters. The molecule has 0 radical (unpaired) electrons. The number of nitrogens with two attached hydrogens (primary N) is 2. The van der Waals surface area contributed by atoms with Crippen LogP contribution in [0.4, 0.5) is 11.6 Å². The average molecular weight is 659 g/mol. The molecule has 0 bridgehead atoms. The van der Waals surface area contributed by atoms with Gasteiger partial charge in [-0.15, -0.1) is 0 Å². The number of pyridine rings is 4. The van der Waals surface area contributed by atoms with Gasteiger partial charge in [-0.3, -0.25) is 9.97 Å². The minimum atomic E-state index is 0.292. The standard InChI is InChI=1S/2C21H19N3O/c2*1-13-2-9-17-18-11-15(4-3-14-5-7-16(25)8-6-14)12-23-20(18)21(22)24-19(17)10-13/h2*2,5-12,25H,3-4H2,1H3,(H2,22,24). The first-order valence-corrected chi connectivity index (χ1v) is 16.6. The van der Waals surface area contributed by atoms with Crippen molar-refractivity contribution < 1.29 is 10.2 Å². The highest BCUT2D eigenvalue weighted by molar-refractivity contribution is 6.09. The molecule has 248 valence electrons. The molecule has 8 aromatic rings. The molecule has 4 aromatic heterocycles. The molecule has 0 aliphatic rings. The van der Waals surface area contributed by atoms with Gasteiger partial charge in [0.05, 0.1) is 11.0 Å². The Hall–Kier alpha value is -6.28. The molecule has 0 aliphatic heterocycles. The minimum absolute atomic E-state index is 0.292. The maximum absolute atomic E-state index is 9.38. The van der Waals surface area contributed by atoms with E-state index in [1.54, 1.807) is 24.3 Å². The van der Waals surface area contributed by atoms with E-state index in [4.69, 9.17) is 11.5 Å². The van der Waals surface area contributed by atoms with Crippen molar-refractivity contribution in [1.29, 1.82) is 0 Å². The second kappa shape index (κ2) is 13.7. The lowest BCUT2D eigenvalue weighted by atomic mass is 10.0. The Balaban J connectivity index is 0.000000157. The number of aromatic hydroxyl groups is 2. The number of phenolic OH excluding ortho intramolecular Hbond substituents is 2. The summed E-state index contributed by atoms with van der Waals surface area (Å²) in [6, 6.07) is 31.4. The zero-order valence-electron chi connectivity index (χ0n) is 28.1. The summed E-state index contributed by atoms with van der Waals surface area (Å²) in [4.78, 5) is 18.1. The highest BCUT2D eigenvalue weighted by Gasteiger charge is 2.11. The third-order valence-corrected chi connectivity index (χ3v) is 9.02. The van der Waals surface area contributed by atoms with Gasteiger partial charge in [0.15, 0.2) is 11.6 Å². The molecule has 0 spiro atoms. The molecule has 0 amide bonds. The summed E-state index contributed by atoms with van der Waals surface area (Å²) in [7, 11) is 0. The number of phenols is 2. The summed E-state index contributed by atoms with van der Waals surface area (Å²) < 4.78 is 0. The molecule has 6 N–H and O–H groups in total. The Morgan fingerprint density at radius 3 is 1.24 bits per heavy atom. The predicted octanol–water partition coefficient (Wildman–Crippen LogP) is 8.33. The number of fused-ring (bicyclic) bond motifs is 6. The van der Waals surface area contributed by atoms with Crippen molar-refractivity contribution in [3.05, 3.63) is 143 Å². The van der Waals surface area contributed by atoms with Crippen molar-refractivity contribution in [2.45, 2.75) is 39.5 Å². The van der Waals surface area contributed by atoms with Gasteiger partial charge in [-0.2, -0.15) is 0 Å². The predicted molar refractivity (Wildman–Crippen MR) is 203 cm³/mol. The second-order valence-electron chi connectivity index (χ2n) is 12.8. The number of anilines is 2. The van der Waals surface area contributed by atoms with Crippen LogP contribution in [0.3, 0.4) is 0 Å². The summed E-state index contributed by atoms with van der Waals surface area (Å²) in [6.45, 7) is 4.10. The number of hydrogen-bond donors (Lipinski definition) is 4. The Morgan fingerprint density at radius 1 is 0.460 bits per heavy atom. The van der Waals surface area contributed by atoms with Crippen LogP contribution in [0.15, 0.2) is 109 Å². The van der Waals surface area contributed by atoms with Gasteiger partial charge in [-0.05, 0) is 121 Å². The molecule has 0 fully saturated rings. The first-order chi connectivity index (χ1) is 24.2. The molecule has 4 aromatic carbocycles. The minimum Gasteiger partial charge on any atom is -0.508 e. The average Bonchev–Trinajstić information content (AvgIpc) is 3.11. The Morgan fingerprint density at radius 2 is 0.840 bits per heavy atom. The molecular formula is C42H38N6O2. The number of rotatable bonds is 6. The van der Waals surface area contributed by atoms with Crippen LogP contribution in [0, 0.1) is 13.8 Å². The summed E-state index contributed by atoms with van der Waals surface area (Å²) >= 11 is 0. The van der Waals surface area contributed by atoms with Crippen LogP contribution in [0.25, 0.3) is 43.6 Å². The van der Waals surface area contributed by atoms with Gasteiger partial charge in [0.25, 0.3) is 0 Å². The first-order valence-electron chi connectivity index (χ1n) is 16.6. The smallest absolute Gasteiger partial charge is 0.150 e. The summed E-state index contributed by atoms with van der Waals surface area (Å²) in [5, 5.41) is 23.0. The van der Waals surface area contributed by atoms with Gasteiger partial charge < -0.3 is 21.7 Å². The zero-order chi connectivity index (χ0) is 34.8. The van der Waals surface area contributed by atoms with Gasteiger partial charge in [-0.1, -0.05) is 48.5 Å². The van der Waals surface area contributed by atoms with Gasteiger partial charge >= 0.3 is 0 Å². The van der Waals surface area contributed by atoms with E-state index >= 15 is 0 Å². The lowest BCUT2D eigenvalue weighted by Gasteiger charge is -2.09. The van der Waals surface area contributed by atoms with Crippen LogP contribution >= 0.6 is 0 Å². The number of benzene rings is 4. The number of nitrogen functional groups attached to an aromatic ring is 2. The highest BCUT2D eigenvalue weighted by atomic mass is 16.3. The van der Waals surface area contributed by atoms with Crippen LogP contribution in [0.2, 0.25) is 0 Å². The SMILES string of the molecule is Cc1ccc2c(c1)nc(N)c1ncc(CCc3ccc(O)cc3)cc12.Cc1ccc2c(c1)nc(N)c1ncc(CCc3ccc(O)cc3)cc12. The molecule has 50 heavy (non-hydrogen) atoms. The molecule has 4 heterocycles. The van der Waals surface area contributed by atoms with Gasteiger partial charge in [0, 0.05) is 33.9 Å². The number of aromatic nitrogens is 4. The molecule has 0 saturated carbocycles. The van der Waals surface area contributed by atoms with Gasteiger partial charge in [0.1, 0.15) is 22.5 Å². The molecular weight excluding hydrogens is 621 g/mol. The van der Waals surface area contributed by atoms with E-state index < -0.39 is 0 Å². The van der Waals surface area contributed by atoms with Crippen molar-refractivity contribution in [2.24, 2.45) is 0 Å². The number of hydrogen-bond acceptors (Lipinski definition) is 8. The van der Waals surface area contributed by atoms with E-state index in [0.717, 1.165) is 91.5 Å². The van der Waals surface area contributed by atoms with Crippen molar-refractivity contribution in [3.63, 3.8) is 0 Å². The Bertz CT molecular complexity index is 2320. The maximum Gasteiger partial charge on any atom is 0.150 e. The van der Waals surface area contributed by atoms with Crippen LogP contribution in [0.5, 0.6) is 11.5 Å². The summed E-state index contributed by atoms with van der Waals surface area (Å²) in [5.41, 5.74) is 22.5. The monoisotopic (exact) mass is 658 g/mol. The summed E-state index contributed by atoms with van der Waals surface area (Å²) in [5.74, 6) is 1.53. The topological polar surface area (TPSA) is 144 Å². The first kappa shape index (κ1) is 32.3. The molecule has 0 aliphatic carbocycles. The van der Waals surface area contributed by atoms with E-state index in [-0.39, 0.29) is 0 Å². The van der Waals surface area contributed by atoms with E-state index in [0.29, 0.717) is 23.1 Å². The largest absolute Gasteiger partial charge is 0.508 e. The molecule has 8 rings (SSSR count). The molecule has 0 unspecified atom stereocenters. The van der Waals surface area contributed by atoms with Crippen molar-refractivity contribution >= 4 is 55.2 Å². The highest BCUT2D eigenvalue weighted by Crippen LogP contribution is 2.29. The second-order valence-corrected chi connectivity index (χ2v) is 12.8. The van der Waals surface area contributed by atoms with Crippen LogP contribution in [-0.2, 0) is 25.7 Å². The van der Waals surface area contributed by atoms with Crippen molar-refractivity contribution in [2.75, 3.05) is 11.5 Å². The molecule has 8 heteroatoms. The van der Waals surface area contributed by atoms with E-state index in [2.05, 4.69) is 56.3 Å². The Labute approximate surface area is 290 Å². The van der Waals surface area contributed by atoms with Gasteiger partial charge in [-0.25, -0.2) is 9.97 Å². The fraction of sp³-hybridized carbons (Fsp3) is 0.143. The fourth-order valence-corrected chi connectivity index (χ4v) is 6.30. The van der Waals surface area contributed by atoms with E-state index in [9.17, 15) is 10.2 Å². The van der Waals surface area contributed by atoms with E-state index in [1.165, 1.54) is 11.1 Å². The number of aryl methyl sites for hydroxylation is 6. The van der Waals surface area contributed by atoms with Crippen LogP contribution < -0.4 is 11.5 Å². The van der Waals surface area contributed by atoms with Crippen LogP contribution in [-0.4, -0.2) is 30.1 Å². The number of nitrogens with zero attached hydrogens (tertiary/aromatic N) is 4. The lowest BCUT2D eigenvalue weighted by Crippen LogP contribution is -1.98. The third kappa shape index (κ3) is 6.96. The normalized spacial score (nSPS) is 11.2. The van der Waals surface area contributed by atoms with Crippen molar-refractivity contribution in [3.8, 4) is 11.5 Å². The fourth-order valence-electron chi connectivity index (χ4n) is 6.30. The molecule has 0 saturated heterocycles. The third-order valence-electron chi connectivity index (χ3n) is 9.02. The van der Waals surface area contributed by atoms with Gasteiger partial charge in [0.2, 0.25) is 0 Å².